The molecule has 1 unspecified atom stereocenters. The van der Waals surface area contributed by atoms with Gasteiger partial charge in [0.15, 0.2) is 0 Å². The average molecular weight is 322 g/mol. The highest BCUT2D eigenvalue weighted by Gasteiger charge is 2.32. The first-order chi connectivity index (χ1) is 10.1. The van der Waals surface area contributed by atoms with Crippen LogP contribution in [0.4, 0.5) is 0 Å². The molecule has 21 heavy (non-hydrogen) atoms. The summed E-state index contributed by atoms with van der Waals surface area (Å²) in [4.78, 5) is 30.2. The van der Waals surface area contributed by atoms with Crippen molar-refractivity contribution >= 4 is 34.6 Å². The molecule has 5 nitrogen and oxygen atoms in total. The average Bonchev–Trinajstić information content (AvgIpc) is 3.18. The summed E-state index contributed by atoms with van der Waals surface area (Å²) in [5, 5.41) is 13.8. The zero-order valence-corrected chi connectivity index (χ0v) is 13.0. The van der Waals surface area contributed by atoms with Gasteiger partial charge in [-0.3, -0.25) is 9.59 Å². The van der Waals surface area contributed by atoms with E-state index < -0.39 is 11.9 Å². The lowest BCUT2D eigenvalue weighted by Gasteiger charge is -2.14. The van der Waals surface area contributed by atoms with Crippen LogP contribution in [-0.2, 0) is 4.79 Å². The number of thiazole rings is 1. The van der Waals surface area contributed by atoms with Gasteiger partial charge in [-0.15, -0.1) is 11.3 Å². The molecular weight excluding hydrogens is 308 g/mol. The lowest BCUT2D eigenvalue weighted by Crippen LogP contribution is -2.29. The Morgan fingerprint density at radius 2 is 2.29 bits per heavy atom. The van der Waals surface area contributed by atoms with Gasteiger partial charge in [-0.25, -0.2) is 4.98 Å². The third kappa shape index (κ3) is 2.71. The number of rotatable bonds is 3. The maximum absolute atomic E-state index is 12.5. The number of hydrogen-bond acceptors (Lipinski definition) is 5. The molecule has 0 aromatic carbocycles. The summed E-state index contributed by atoms with van der Waals surface area (Å²) < 4.78 is 0. The Hall–Kier alpha value is -1.73. The monoisotopic (exact) mass is 322 g/mol. The van der Waals surface area contributed by atoms with Crippen LogP contribution in [0.25, 0.3) is 10.6 Å². The number of carboxylic acid groups (broad SMARTS) is 1. The fourth-order valence-electron chi connectivity index (χ4n) is 2.39. The van der Waals surface area contributed by atoms with E-state index >= 15 is 0 Å². The first kappa shape index (κ1) is 14.2. The van der Waals surface area contributed by atoms with Crippen LogP contribution in [0.15, 0.2) is 16.8 Å². The van der Waals surface area contributed by atoms with Crippen molar-refractivity contribution in [3.05, 3.63) is 27.4 Å². The van der Waals surface area contributed by atoms with Crippen molar-refractivity contribution in [2.24, 2.45) is 5.92 Å². The second-order valence-electron chi connectivity index (χ2n) is 5.02. The molecule has 3 heterocycles. The van der Waals surface area contributed by atoms with Crippen molar-refractivity contribution in [1.82, 2.24) is 9.88 Å². The number of amides is 1. The van der Waals surface area contributed by atoms with Crippen molar-refractivity contribution < 1.29 is 14.7 Å². The number of aromatic nitrogens is 1. The number of carbonyl (C=O) groups excluding carboxylic acids is 1. The first-order valence-corrected chi connectivity index (χ1v) is 8.34. The van der Waals surface area contributed by atoms with Crippen LogP contribution in [0.5, 0.6) is 0 Å². The predicted molar refractivity (Wildman–Crippen MR) is 81.8 cm³/mol. The second-order valence-corrected chi connectivity index (χ2v) is 6.80. The van der Waals surface area contributed by atoms with E-state index in [0.29, 0.717) is 30.1 Å². The summed E-state index contributed by atoms with van der Waals surface area (Å²) in [6.07, 6.45) is 0.524. The summed E-state index contributed by atoms with van der Waals surface area (Å²) in [6, 6.07) is 1.98. The predicted octanol–water partition coefficient (Wildman–Crippen LogP) is 2.73. The van der Waals surface area contributed by atoms with Gasteiger partial charge in [-0.1, -0.05) is 0 Å². The van der Waals surface area contributed by atoms with Crippen LogP contribution < -0.4 is 0 Å². The summed E-state index contributed by atoms with van der Waals surface area (Å²) >= 11 is 2.97. The molecular formula is C14H14N2O3S2. The molecule has 2 aromatic heterocycles. The number of nitrogens with zero attached hydrogens (tertiary/aromatic N) is 2. The standard InChI is InChI=1S/C14H14N2O3S2/c1-8-11(21-12(15-8)10-3-5-20-7-10)13(17)16-4-2-9(6-16)14(18)19/h3,5,7,9H,2,4,6H2,1H3,(H,18,19). The third-order valence-corrected chi connectivity index (χ3v) is 5.46. The Labute approximate surface area is 129 Å². The normalized spacial score (nSPS) is 18.1. The van der Waals surface area contributed by atoms with E-state index in [0.717, 1.165) is 10.6 Å². The van der Waals surface area contributed by atoms with Crippen molar-refractivity contribution in [2.45, 2.75) is 13.3 Å². The molecule has 0 bridgehead atoms. The fourth-order valence-corrected chi connectivity index (χ4v) is 4.14. The smallest absolute Gasteiger partial charge is 0.308 e. The number of aliphatic carboxylic acids is 1. The molecule has 3 rings (SSSR count). The Morgan fingerprint density at radius 1 is 1.48 bits per heavy atom. The number of aryl methyl sites for hydroxylation is 1. The molecule has 1 atom stereocenters. The number of thiophene rings is 1. The lowest BCUT2D eigenvalue weighted by molar-refractivity contribution is -0.141. The van der Waals surface area contributed by atoms with E-state index in [1.54, 1.807) is 16.2 Å². The highest BCUT2D eigenvalue weighted by molar-refractivity contribution is 7.17. The topological polar surface area (TPSA) is 70.5 Å². The van der Waals surface area contributed by atoms with Crippen LogP contribution >= 0.6 is 22.7 Å². The molecule has 110 valence electrons. The minimum atomic E-state index is -0.828. The summed E-state index contributed by atoms with van der Waals surface area (Å²) in [6.45, 7) is 2.62. The SMILES string of the molecule is Cc1nc(-c2ccsc2)sc1C(=O)N1CCC(C(=O)O)C1. The number of carbonyl (C=O) groups is 2. The van der Waals surface area contributed by atoms with E-state index in [2.05, 4.69) is 4.98 Å². The van der Waals surface area contributed by atoms with Crippen LogP contribution in [0, 0.1) is 12.8 Å². The Balaban J connectivity index is 1.81. The Morgan fingerprint density at radius 3 is 2.90 bits per heavy atom. The minimum Gasteiger partial charge on any atom is -0.481 e. The Kier molecular flexibility index (Phi) is 3.77. The van der Waals surface area contributed by atoms with Crippen LogP contribution in [0.2, 0.25) is 0 Å². The first-order valence-electron chi connectivity index (χ1n) is 6.58. The highest BCUT2D eigenvalue weighted by Crippen LogP contribution is 2.31. The van der Waals surface area contributed by atoms with Gasteiger partial charge in [-0.05, 0) is 24.8 Å². The molecule has 1 aliphatic rings. The van der Waals surface area contributed by atoms with Gasteiger partial charge in [0.2, 0.25) is 0 Å². The van der Waals surface area contributed by atoms with E-state index in [1.165, 1.54) is 11.3 Å². The molecule has 1 fully saturated rings. The van der Waals surface area contributed by atoms with Crippen molar-refractivity contribution in [3.8, 4) is 10.6 Å². The van der Waals surface area contributed by atoms with E-state index in [1.807, 2.05) is 23.8 Å². The summed E-state index contributed by atoms with van der Waals surface area (Å²) in [5.74, 6) is -1.38. The maximum atomic E-state index is 12.5. The van der Waals surface area contributed by atoms with Gasteiger partial charge in [0.25, 0.3) is 5.91 Å². The van der Waals surface area contributed by atoms with Gasteiger partial charge in [0, 0.05) is 24.0 Å². The van der Waals surface area contributed by atoms with E-state index in [9.17, 15) is 9.59 Å². The van der Waals surface area contributed by atoms with Gasteiger partial charge in [0.1, 0.15) is 9.88 Å². The fraction of sp³-hybridized carbons (Fsp3) is 0.357. The van der Waals surface area contributed by atoms with E-state index in [-0.39, 0.29) is 5.91 Å². The van der Waals surface area contributed by atoms with Gasteiger partial charge >= 0.3 is 5.97 Å². The maximum Gasteiger partial charge on any atom is 0.308 e. The molecule has 0 saturated carbocycles. The van der Waals surface area contributed by atoms with E-state index in [4.69, 9.17) is 5.11 Å². The van der Waals surface area contributed by atoms with Gasteiger partial charge in [-0.2, -0.15) is 11.3 Å². The van der Waals surface area contributed by atoms with Crippen LogP contribution in [0.1, 0.15) is 21.8 Å². The van der Waals surface area contributed by atoms with Crippen LogP contribution in [0.3, 0.4) is 0 Å². The van der Waals surface area contributed by atoms with Crippen molar-refractivity contribution in [1.29, 1.82) is 0 Å². The number of hydrogen-bond donors (Lipinski definition) is 1. The third-order valence-electron chi connectivity index (χ3n) is 3.58. The quantitative estimate of drug-likeness (QED) is 0.943. The van der Waals surface area contributed by atoms with Gasteiger partial charge < -0.3 is 10.0 Å². The zero-order chi connectivity index (χ0) is 15.0. The number of carboxylic acids is 1. The molecule has 0 radical (unpaired) electrons. The zero-order valence-electron chi connectivity index (χ0n) is 11.4. The lowest BCUT2D eigenvalue weighted by atomic mass is 10.1. The molecule has 1 amide bonds. The van der Waals surface area contributed by atoms with Crippen molar-refractivity contribution in [2.75, 3.05) is 13.1 Å². The highest BCUT2D eigenvalue weighted by atomic mass is 32.1. The molecule has 1 saturated heterocycles. The summed E-state index contributed by atoms with van der Waals surface area (Å²) in [7, 11) is 0. The Bertz CT molecular complexity index is 678. The second kappa shape index (κ2) is 5.57. The molecule has 1 N–H and O–H groups in total. The molecule has 0 aliphatic carbocycles. The summed E-state index contributed by atoms with van der Waals surface area (Å²) in [5.41, 5.74) is 1.74. The number of likely N-dealkylation sites (tertiary alicyclic amines) is 1. The van der Waals surface area contributed by atoms with Gasteiger partial charge in [0.05, 0.1) is 11.6 Å². The molecule has 2 aromatic rings. The molecule has 7 heteroatoms. The minimum absolute atomic E-state index is 0.102. The molecule has 1 aliphatic heterocycles. The molecule has 0 spiro atoms. The largest absolute Gasteiger partial charge is 0.481 e. The van der Waals surface area contributed by atoms with Crippen molar-refractivity contribution in [3.63, 3.8) is 0 Å². The van der Waals surface area contributed by atoms with Crippen LogP contribution in [-0.4, -0.2) is 40.0 Å².